The molecule has 0 amide bonds. The first-order valence-electron chi connectivity index (χ1n) is 29.8. The number of aliphatic hydroxyl groups is 7. The van der Waals surface area contributed by atoms with Crippen molar-refractivity contribution in [2.75, 3.05) is 26.4 Å². The normalized spacial score (nSPS) is 24.7. The number of carbonyl (C=O) groups is 2. The molecule has 2 aliphatic rings. The lowest BCUT2D eigenvalue weighted by atomic mass is 9.98. The quantitative estimate of drug-likeness (QED) is 0.0171. The van der Waals surface area contributed by atoms with Crippen molar-refractivity contribution in [3.63, 3.8) is 0 Å². The van der Waals surface area contributed by atoms with E-state index >= 15 is 0 Å². The average Bonchev–Trinajstić information content (AvgIpc) is 3.43. The van der Waals surface area contributed by atoms with Crippen LogP contribution in [-0.4, -0.2) is 142 Å². The fourth-order valence-electron chi connectivity index (χ4n) is 8.73. The summed E-state index contributed by atoms with van der Waals surface area (Å²) in [5.74, 6) is -1.08. The van der Waals surface area contributed by atoms with E-state index in [9.17, 15) is 45.3 Å². The molecule has 15 heteroatoms. The second kappa shape index (κ2) is 48.2. The molecule has 0 bridgehead atoms. The number of ether oxygens (including phenoxy) is 6. The summed E-state index contributed by atoms with van der Waals surface area (Å²) >= 11 is 0. The SMILES string of the molecule is CC/C=C/C/C=C/C/C=C/C/C=C/C/C=C/C/C=C/CCC(=O)OC[C@H](CO[C@H]1O[C@@H](CO[C@H]2O[C@@H](CO)[C@@H](O)C(O)C2O)[C@@H](O)C(O)C1O)OC(=O)CCC/C=C/CC/C=C/CCCCCCCCCCCCCCCC. The Morgan fingerprint density at radius 3 is 1.36 bits per heavy atom. The smallest absolute Gasteiger partial charge is 0.306 e. The van der Waals surface area contributed by atoms with Gasteiger partial charge >= 0.3 is 11.9 Å². The number of hydrogen-bond donors (Lipinski definition) is 7. The van der Waals surface area contributed by atoms with E-state index in [2.05, 4.69) is 92.8 Å². The molecule has 0 spiro atoms. The van der Waals surface area contributed by atoms with Gasteiger partial charge in [0.25, 0.3) is 0 Å². The molecule has 11 atom stereocenters. The van der Waals surface area contributed by atoms with E-state index in [1.165, 1.54) is 89.9 Å². The molecule has 2 fully saturated rings. The molecule has 2 rings (SSSR count). The third-order valence-corrected chi connectivity index (χ3v) is 13.5. The minimum Gasteiger partial charge on any atom is -0.462 e. The van der Waals surface area contributed by atoms with Crippen LogP contribution < -0.4 is 0 Å². The summed E-state index contributed by atoms with van der Waals surface area (Å²) in [6.07, 6.45) is 46.0. The summed E-state index contributed by atoms with van der Waals surface area (Å²) in [5, 5.41) is 72.3. The minimum absolute atomic E-state index is 0.0793. The highest BCUT2D eigenvalue weighted by atomic mass is 16.7. The summed E-state index contributed by atoms with van der Waals surface area (Å²) in [4.78, 5) is 25.9. The third kappa shape index (κ3) is 34.5. The molecule has 0 aromatic heterocycles. The van der Waals surface area contributed by atoms with Crippen LogP contribution in [0.4, 0.5) is 0 Å². The maximum absolute atomic E-state index is 13.1. The van der Waals surface area contributed by atoms with Crippen molar-refractivity contribution in [1.29, 1.82) is 0 Å². The third-order valence-electron chi connectivity index (χ3n) is 13.5. The minimum atomic E-state index is -1.79. The highest BCUT2D eigenvalue weighted by molar-refractivity contribution is 5.70. The molecule has 0 aromatic carbocycles. The number of rotatable bonds is 46. The van der Waals surface area contributed by atoms with Crippen LogP contribution in [0.2, 0.25) is 0 Å². The van der Waals surface area contributed by atoms with Gasteiger partial charge in [0.15, 0.2) is 18.7 Å². The fraction of sp³-hybridized carbons (Fsp3) is 0.714. The Kier molecular flexibility index (Phi) is 43.5. The van der Waals surface area contributed by atoms with Crippen molar-refractivity contribution in [1.82, 2.24) is 0 Å². The molecular weight excluding hydrogens is 997 g/mol. The van der Waals surface area contributed by atoms with Gasteiger partial charge in [-0.1, -0.05) is 195 Å². The van der Waals surface area contributed by atoms with E-state index in [1.807, 2.05) is 18.2 Å². The van der Waals surface area contributed by atoms with Crippen LogP contribution in [0.5, 0.6) is 0 Å². The van der Waals surface area contributed by atoms with Gasteiger partial charge < -0.3 is 64.2 Å². The lowest BCUT2D eigenvalue weighted by molar-refractivity contribution is -0.332. The van der Waals surface area contributed by atoms with Gasteiger partial charge in [-0.25, -0.2) is 0 Å². The van der Waals surface area contributed by atoms with Gasteiger partial charge in [0.05, 0.1) is 19.8 Å². The van der Waals surface area contributed by atoms with Crippen molar-refractivity contribution in [3.05, 3.63) is 97.2 Å². The van der Waals surface area contributed by atoms with Gasteiger partial charge in [-0.2, -0.15) is 0 Å². The zero-order valence-electron chi connectivity index (χ0n) is 47.6. The summed E-state index contributed by atoms with van der Waals surface area (Å²) in [6, 6.07) is 0. The molecule has 15 nitrogen and oxygen atoms in total. The van der Waals surface area contributed by atoms with E-state index in [1.54, 1.807) is 0 Å². The molecule has 78 heavy (non-hydrogen) atoms. The van der Waals surface area contributed by atoms with Crippen molar-refractivity contribution in [2.45, 2.75) is 261 Å². The van der Waals surface area contributed by atoms with Gasteiger partial charge in [0.2, 0.25) is 0 Å². The summed E-state index contributed by atoms with van der Waals surface area (Å²) in [5.41, 5.74) is 0. The Balaban J connectivity index is 1.79. The van der Waals surface area contributed by atoms with Crippen LogP contribution >= 0.6 is 0 Å². The molecule has 4 unspecified atom stereocenters. The number of unbranched alkanes of at least 4 members (excludes halogenated alkanes) is 16. The standard InChI is InChI=1S/C63H104O15/c1-3-5-7-9-11-13-15-17-19-21-23-24-25-26-28-30-32-34-36-38-40-42-44-46-55(66)76-51(48-73-54(65)45-43-41-39-37-35-33-31-29-27-22-20-18-16-14-12-10-8-6-4-2)49-74-62-61(72)59(70)57(68)53(78-62)50-75-63-60(71)58(69)56(67)52(47-64)77-63/h6,8,12,14,18,20,27,29-30,32-33,35,38-41,51-53,56-64,67-72H,3-5,7,9-11,13,15-17,19,21-26,28,31,34,36-37,42-50H2,1-2H3/b8-6+,14-12+,20-18+,29-27+,32-30+,35-33+,40-38+,41-39+/t51-,52+,53+,56-,57-,58?,59?,60?,61?,62+,63+/m1/s1. The maximum atomic E-state index is 13.1. The Bertz CT molecular complexity index is 1720. The van der Waals surface area contributed by atoms with Crippen LogP contribution in [0.3, 0.4) is 0 Å². The highest BCUT2D eigenvalue weighted by Gasteiger charge is 2.47. The summed E-state index contributed by atoms with van der Waals surface area (Å²) in [7, 11) is 0. The number of allylic oxidation sites excluding steroid dienone is 16. The van der Waals surface area contributed by atoms with Gasteiger partial charge in [-0.3, -0.25) is 9.59 Å². The molecule has 2 heterocycles. The lowest BCUT2D eigenvalue weighted by Gasteiger charge is -2.42. The second-order valence-corrected chi connectivity index (χ2v) is 20.4. The number of hydrogen-bond acceptors (Lipinski definition) is 15. The molecule has 2 aliphatic heterocycles. The first-order chi connectivity index (χ1) is 38.0. The van der Waals surface area contributed by atoms with Gasteiger partial charge in [0.1, 0.15) is 55.4 Å². The van der Waals surface area contributed by atoms with Crippen molar-refractivity contribution >= 4 is 11.9 Å². The van der Waals surface area contributed by atoms with Gasteiger partial charge in [-0.05, 0) is 83.5 Å². The van der Waals surface area contributed by atoms with E-state index in [0.717, 1.165) is 51.4 Å². The number of carbonyl (C=O) groups excluding carboxylic acids is 2. The zero-order chi connectivity index (χ0) is 56.7. The highest BCUT2D eigenvalue weighted by Crippen LogP contribution is 2.26. The summed E-state index contributed by atoms with van der Waals surface area (Å²) < 4.78 is 33.5. The van der Waals surface area contributed by atoms with E-state index in [4.69, 9.17) is 28.4 Å². The predicted octanol–water partition coefficient (Wildman–Crippen LogP) is 10.5. The Morgan fingerprint density at radius 1 is 0.423 bits per heavy atom. The number of aliphatic hydroxyl groups excluding tert-OH is 7. The Hall–Kier alpha value is -3.58. The fourth-order valence-corrected chi connectivity index (χ4v) is 8.73. The molecule has 2 saturated heterocycles. The van der Waals surface area contributed by atoms with Crippen molar-refractivity contribution in [2.24, 2.45) is 0 Å². The van der Waals surface area contributed by atoms with Crippen LogP contribution in [0, 0.1) is 0 Å². The van der Waals surface area contributed by atoms with Gasteiger partial charge in [-0.15, -0.1) is 0 Å². The topological polar surface area (TPSA) is 231 Å². The van der Waals surface area contributed by atoms with Crippen LogP contribution in [-0.2, 0) is 38.0 Å². The summed E-state index contributed by atoms with van der Waals surface area (Å²) in [6.45, 7) is 2.37. The van der Waals surface area contributed by atoms with Gasteiger partial charge in [0, 0.05) is 12.8 Å². The molecule has 0 aliphatic carbocycles. The predicted molar refractivity (Wildman–Crippen MR) is 307 cm³/mol. The lowest BCUT2D eigenvalue weighted by Crippen LogP contribution is -2.61. The van der Waals surface area contributed by atoms with Crippen LogP contribution in [0.25, 0.3) is 0 Å². The molecular formula is C63H104O15. The van der Waals surface area contributed by atoms with Crippen molar-refractivity contribution < 1.29 is 73.8 Å². The van der Waals surface area contributed by atoms with E-state index in [-0.39, 0.29) is 19.4 Å². The van der Waals surface area contributed by atoms with E-state index in [0.29, 0.717) is 25.7 Å². The zero-order valence-corrected chi connectivity index (χ0v) is 47.6. The molecule has 7 N–H and O–H groups in total. The Labute approximate surface area is 468 Å². The van der Waals surface area contributed by atoms with E-state index < -0.39 is 99.3 Å². The Morgan fingerprint density at radius 2 is 0.846 bits per heavy atom. The first-order valence-corrected chi connectivity index (χ1v) is 29.8. The number of esters is 2. The largest absolute Gasteiger partial charge is 0.462 e. The molecule has 0 radical (unpaired) electrons. The molecule has 446 valence electrons. The average molecular weight is 1100 g/mol. The van der Waals surface area contributed by atoms with Crippen LogP contribution in [0.1, 0.15) is 194 Å². The second-order valence-electron chi connectivity index (χ2n) is 20.4. The van der Waals surface area contributed by atoms with Crippen LogP contribution in [0.15, 0.2) is 97.2 Å². The molecule has 0 aromatic rings. The first kappa shape index (κ1) is 70.5. The monoisotopic (exact) mass is 1100 g/mol. The maximum Gasteiger partial charge on any atom is 0.306 e. The molecule has 0 saturated carbocycles. The van der Waals surface area contributed by atoms with Crippen molar-refractivity contribution in [3.8, 4) is 0 Å².